The Labute approximate surface area is 142 Å². The molecular formula is C15H15N5O3S. The summed E-state index contributed by atoms with van der Waals surface area (Å²) in [7, 11) is 0. The highest BCUT2D eigenvalue weighted by molar-refractivity contribution is 7.09. The third-order valence-electron chi connectivity index (χ3n) is 3.77. The lowest BCUT2D eigenvalue weighted by Crippen LogP contribution is -2.38. The van der Waals surface area contributed by atoms with E-state index < -0.39 is 4.92 Å². The molecule has 1 atom stereocenters. The molecule has 2 aromatic rings. The lowest BCUT2D eigenvalue weighted by molar-refractivity contribution is -0.384. The number of hydrogen-bond acceptors (Lipinski definition) is 8. The molecular weight excluding hydrogens is 330 g/mol. The van der Waals surface area contributed by atoms with Gasteiger partial charge in [0.05, 0.1) is 18.1 Å². The third kappa shape index (κ3) is 3.02. The van der Waals surface area contributed by atoms with Crippen molar-refractivity contribution in [2.24, 2.45) is 0 Å². The molecule has 1 aliphatic heterocycles. The maximum atomic E-state index is 11.1. The molecule has 0 saturated carbocycles. The second kappa shape index (κ2) is 6.43. The van der Waals surface area contributed by atoms with Crippen molar-refractivity contribution in [2.75, 3.05) is 30.3 Å². The van der Waals surface area contributed by atoms with Crippen LogP contribution in [-0.2, 0) is 4.74 Å². The number of nitrogens with zero attached hydrogens (tertiary/aromatic N) is 4. The lowest BCUT2D eigenvalue weighted by atomic mass is 10.1. The number of aromatic nitrogens is 1. The predicted octanol–water partition coefficient (Wildman–Crippen LogP) is 2.39. The molecule has 2 N–H and O–H groups in total. The first kappa shape index (κ1) is 16.2. The summed E-state index contributed by atoms with van der Waals surface area (Å²) < 4.78 is 5.78. The molecule has 0 spiro atoms. The van der Waals surface area contributed by atoms with Gasteiger partial charge in [-0.1, -0.05) is 0 Å². The van der Waals surface area contributed by atoms with Crippen molar-refractivity contribution in [3.05, 3.63) is 43.9 Å². The van der Waals surface area contributed by atoms with Gasteiger partial charge in [0.15, 0.2) is 0 Å². The number of rotatable bonds is 3. The van der Waals surface area contributed by atoms with E-state index in [9.17, 15) is 15.4 Å². The van der Waals surface area contributed by atoms with E-state index in [2.05, 4.69) is 4.98 Å². The molecule has 0 radical (unpaired) electrons. The third-order valence-corrected chi connectivity index (χ3v) is 4.83. The molecule has 1 aromatic carbocycles. The average molecular weight is 345 g/mol. The summed E-state index contributed by atoms with van der Waals surface area (Å²) in [6.45, 7) is 3.59. The SMILES string of the molecule is Cc1csc([C@H]2CN(c3cc(N)c([N+](=O)[O-])c(C#N)c3)CCO2)n1. The highest BCUT2D eigenvalue weighted by Gasteiger charge is 2.27. The van der Waals surface area contributed by atoms with Crippen molar-refractivity contribution < 1.29 is 9.66 Å². The highest BCUT2D eigenvalue weighted by atomic mass is 32.1. The second-order valence-corrected chi connectivity index (χ2v) is 6.32. The first-order valence-electron chi connectivity index (χ1n) is 7.26. The Morgan fingerprint density at radius 2 is 2.38 bits per heavy atom. The van der Waals surface area contributed by atoms with Gasteiger partial charge in [-0.05, 0) is 19.1 Å². The Kier molecular flexibility index (Phi) is 4.33. The van der Waals surface area contributed by atoms with Crippen molar-refractivity contribution in [1.82, 2.24) is 4.98 Å². The minimum Gasteiger partial charge on any atom is -0.393 e. The number of anilines is 2. The van der Waals surface area contributed by atoms with Crippen molar-refractivity contribution in [2.45, 2.75) is 13.0 Å². The number of nitriles is 1. The van der Waals surface area contributed by atoms with E-state index >= 15 is 0 Å². The second-order valence-electron chi connectivity index (χ2n) is 5.43. The number of benzene rings is 1. The summed E-state index contributed by atoms with van der Waals surface area (Å²) in [5.41, 5.74) is 7.02. The van der Waals surface area contributed by atoms with Gasteiger partial charge in [-0.15, -0.1) is 11.3 Å². The van der Waals surface area contributed by atoms with Gasteiger partial charge in [0, 0.05) is 23.3 Å². The molecule has 24 heavy (non-hydrogen) atoms. The van der Waals surface area contributed by atoms with E-state index in [1.807, 2.05) is 23.3 Å². The van der Waals surface area contributed by atoms with Crippen LogP contribution in [0.4, 0.5) is 17.1 Å². The van der Waals surface area contributed by atoms with Gasteiger partial charge in [0.25, 0.3) is 0 Å². The number of thiazole rings is 1. The van der Waals surface area contributed by atoms with Crippen LogP contribution in [0.3, 0.4) is 0 Å². The summed E-state index contributed by atoms with van der Waals surface area (Å²) in [6.07, 6.45) is -0.167. The van der Waals surface area contributed by atoms with Gasteiger partial charge in [-0.3, -0.25) is 10.1 Å². The van der Waals surface area contributed by atoms with Crippen LogP contribution in [0.25, 0.3) is 0 Å². The normalized spacial score (nSPS) is 17.5. The van der Waals surface area contributed by atoms with E-state index in [1.54, 1.807) is 11.3 Å². The van der Waals surface area contributed by atoms with Crippen LogP contribution in [0.1, 0.15) is 22.4 Å². The molecule has 124 valence electrons. The fraction of sp³-hybridized carbons (Fsp3) is 0.333. The van der Waals surface area contributed by atoms with E-state index in [4.69, 9.17) is 10.5 Å². The number of ether oxygens (including phenoxy) is 1. The number of hydrogen-bond donors (Lipinski definition) is 1. The highest BCUT2D eigenvalue weighted by Crippen LogP contribution is 2.34. The van der Waals surface area contributed by atoms with Crippen LogP contribution in [0.5, 0.6) is 0 Å². The molecule has 9 heteroatoms. The zero-order valence-corrected chi connectivity index (χ0v) is 13.7. The average Bonchev–Trinajstić information content (AvgIpc) is 3.00. The first-order chi connectivity index (χ1) is 11.5. The van der Waals surface area contributed by atoms with Crippen molar-refractivity contribution in [1.29, 1.82) is 5.26 Å². The van der Waals surface area contributed by atoms with Crippen LogP contribution in [-0.4, -0.2) is 29.6 Å². The molecule has 0 bridgehead atoms. The van der Waals surface area contributed by atoms with Crippen LogP contribution < -0.4 is 10.6 Å². The number of nitrogen functional groups attached to an aromatic ring is 1. The fourth-order valence-electron chi connectivity index (χ4n) is 2.67. The molecule has 1 aliphatic rings. The number of nitro benzene ring substituents is 1. The smallest absolute Gasteiger partial charge is 0.309 e. The molecule has 8 nitrogen and oxygen atoms in total. The standard InChI is InChI=1S/C15H15N5O3S/c1-9-8-24-15(18-9)13-7-19(2-3-23-13)11-4-10(6-16)14(20(21)22)12(17)5-11/h4-5,8,13H,2-3,7,17H2,1H3/t13-/m1/s1. The Morgan fingerprint density at radius 3 is 3.00 bits per heavy atom. The van der Waals surface area contributed by atoms with Crippen LogP contribution in [0.2, 0.25) is 0 Å². The number of aryl methyl sites for hydroxylation is 1. The summed E-state index contributed by atoms with van der Waals surface area (Å²) in [5.74, 6) is 0. The maximum Gasteiger partial charge on any atom is 0.309 e. The monoisotopic (exact) mass is 345 g/mol. The number of nitrogens with two attached hydrogens (primary N) is 1. The largest absolute Gasteiger partial charge is 0.393 e. The molecule has 0 amide bonds. The Balaban J connectivity index is 1.90. The fourth-order valence-corrected chi connectivity index (χ4v) is 3.50. The van der Waals surface area contributed by atoms with Gasteiger partial charge in [-0.25, -0.2) is 4.98 Å². The number of morpholine rings is 1. The van der Waals surface area contributed by atoms with Crippen molar-refractivity contribution in [3.63, 3.8) is 0 Å². The summed E-state index contributed by atoms with van der Waals surface area (Å²) in [4.78, 5) is 16.9. The zero-order chi connectivity index (χ0) is 17.3. The number of nitro groups is 1. The van der Waals surface area contributed by atoms with Crippen molar-refractivity contribution >= 4 is 28.4 Å². The molecule has 1 saturated heterocycles. The minimum atomic E-state index is -0.627. The quantitative estimate of drug-likeness (QED) is 0.515. The van der Waals surface area contributed by atoms with E-state index in [0.717, 1.165) is 10.7 Å². The predicted molar refractivity (Wildman–Crippen MR) is 90.0 cm³/mol. The molecule has 0 unspecified atom stereocenters. The van der Waals surface area contributed by atoms with Crippen LogP contribution in [0, 0.1) is 28.4 Å². The Morgan fingerprint density at radius 1 is 1.58 bits per heavy atom. The van der Waals surface area contributed by atoms with E-state index in [0.29, 0.717) is 25.4 Å². The van der Waals surface area contributed by atoms with E-state index in [-0.39, 0.29) is 23.0 Å². The molecule has 1 fully saturated rings. The maximum absolute atomic E-state index is 11.1. The van der Waals surface area contributed by atoms with Gasteiger partial charge in [-0.2, -0.15) is 5.26 Å². The molecule has 2 heterocycles. The Hall–Kier alpha value is -2.70. The lowest BCUT2D eigenvalue weighted by Gasteiger charge is -2.33. The molecule has 0 aliphatic carbocycles. The molecule has 1 aromatic heterocycles. The van der Waals surface area contributed by atoms with Gasteiger partial charge in [0.2, 0.25) is 0 Å². The van der Waals surface area contributed by atoms with Gasteiger partial charge < -0.3 is 15.4 Å². The summed E-state index contributed by atoms with van der Waals surface area (Å²) >= 11 is 1.54. The minimum absolute atomic E-state index is 0.0119. The van der Waals surface area contributed by atoms with Crippen molar-refractivity contribution in [3.8, 4) is 6.07 Å². The van der Waals surface area contributed by atoms with Gasteiger partial charge in [0.1, 0.15) is 28.4 Å². The summed E-state index contributed by atoms with van der Waals surface area (Å²) in [6, 6.07) is 4.89. The first-order valence-corrected chi connectivity index (χ1v) is 8.14. The van der Waals surface area contributed by atoms with Crippen LogP contribution >= 0.6 is 11.3 Å². The molecule has 3 rings (SSSR count). The van der Waals surface area contributed by atoms with Gasteiger partial charge >= 0.3 is 5.69 Å². The topological polar surface area (TPSA) is 118 Å². The van der Waals surface area contributed by atoms with E-state index in [1.165, 1.54) is 12.1 Å². The Bertz CT molecular complexity index is 829. The summed E-state index contributed by atoms with van der Waals surface area (Å²) in [5, 5.41) is 23.1. The van der Waals surface area contributed by atoms with Crippen LogP contribution in [0.15, 0.2) is 17.5 Å². The zero-order valence-electron chi connectivity index (χ0n) is 12.9.